The fourth-order valence-corrected chi connectivity index (χ4v) is 11.3. The quantitative estimate of drug-likeness (QED) is 0.340. The van der Waals surface area contributed by atoms with Gasteiger partial charge in [-0.1, -0.05) is 0 Å². The van der Waals surface area contributed by atoms with Crippen LogP contribution < -0.4 is 9.41 Å². The monoisotopic (exact) mass is 618 g/mol. The topological polar surface area (TPSA) is 0 Å². The van der Waals surface area contributed by atoms with Crippen molar-refractivity contribution in [3.63, 3.8) is 0 Å². The van der Waals surface area contributed by atoms with Crippen LogP contribution in [0.15, 0.2) is 112 Å². The molecule has 2 atom stereocenters. The third kappa shape index (κ3) is 4.06. The van der Waals surface area contributed by atoms with Crippen molar-refractivity contribution in [1.82, 2.24) is 0 Å². The molecule has 5 heteroatoms. The number of hydrogen-bond acceptors (Lipinski definition) is 1. The van der Waals surface area contributed by atoms with Crippen LogP contribution in [0, 0.1) is 0 Å². The molecule has 0 spiro atoms. The van der Waals surface area contributed by atoms with E-state index in [1.165, 1.54) is 47.6 Å². The van der Waals surface area contributed by atoms with E-state index in [2.05, 4.69) is 119 Å². The average molecular weight is 621 g/mol. The zero-order valence-electron chi connectivity index (χ0n) is 18.5. The summed E-state index contributed by atoms with van der Waals surface area (Å²) >= 11 is 4.76. The molecule has 0 amide bonds. The summed E-state index contributed by atoms with van der Waals surface area (Å²) in [6.07, 6.45) is 5.07. The molecule has 0 radical (unpaired) electrons. The molecule has 0 N–H and O–H groups in total. The Bertz CT molecular complexity index is 1500. The van der Waals surface area contributed by atoms with Gasteiger partial charge in [-0.05, 0) is 0 Å². The van der Waals surface area contributed by atoms with E-state index < -0.39 is 23.2 Å². The van der Waals surface area contributed by atoms with Crippen LogP contribution in [0.2, 0.25) is 0 Å². The van der Waals surface area contributed by atoms with Gasteiger partial charge in [0.15, 0.2) is 0 Å². The molecule has 6 bridgehead atoms. The van der Waals surface area contributed by atoms with Gasteiger partial charge in [-0.3, -0.25) is 0 Å². The van der Waals surface area contributed by atoms with E-state index in [0.29, 0.717) is 11.8 Å². The second kappa shape index (κ2) is 9.77. The maximum Gasteiger partial charge on any atom is -1.00 e. The van der Waals surface area contributed by atoms with E-state index in [-0.39, 0.29) is 9.41 Å². The van der Waals surface area contributed by atoms with Crippen molar-refractivity contribution in [2.75, 3.05) is 0 Å². The van der Waals surface area contributed by atoms with Crippen LogP contribution in [0.1, 0.15) is 45.2 Å². The summed E-state index contributed by atoms with van der Waals surface area (Å²) in [5, 5.41) is 0. The van der Waals surface area contributed by atoms with Crippen molar-refractivity contribution >= 4 is 39.8 Å². The van der Waals surface area contributed by atoms with Crippen molar-refractivity contribution in [1.29, 1.82) is 0 Å². The molecule has 0 aromatic heterocycles. The summed E-state index contributed by atoms with van der Waals surface area (Å²) in [4.78, 5) is 2.75. The Labute approximate surface area is 228 Å². The molecular formula is C30H19BrF2SZr. The fraction of sp³-hybridized carbons (Fsp3) is 0.0667. The Kier molecular flexibility index (Phi) is 6.87. The first-order valence-electron chi connectivity index (χ1n) is 11.2. The molecule has 1 heterocycles. The standard InChI is InChI=1S/C15H10Br.C15H9S.2FH.Zr/c16-14-8-4-7-12-9-10-13(15(12)14)11-5-2-1-3-6-11;1-3-10-9-11(4-1)16-15-6-2-5-13-12(10)7-8-14(13)15;;;/h1-9,13H;1-6,8-9,12H;2*1H;/q;;;;+2/p-2. The van der Waals surface area contributed by atoms with Crippen LogP contribution >= 0.6 is 27.7 Å². The molecule has 0 saturated carbocycles. The molecule has 3 aliphatic rings. The van der Waals surface area contributed by atoms with Crippen LogP contribution in [-0.2, 0) is 23.2 Å². The summed E-state index contributed by atoms with van der Waals surface area (Å²) in [7, 11) is 0. The fourth-order valence-electron chi connectivity index (χ4n) is 5.47. The first-order valence-corrected chi connectivity index (χ1v) is 15.3. The largest absolute Gasteiger partial charge is 1.00 e. The minimum Gasteiger partial charge on any atom is -1.00 e. The van der Waals surface area contributed by atoms with Crippen LogP contribution in [0.3, 0.4) is 0 Å². The molecule has 7 rings (SSSR count). The van der Waals surface area contributed by atoms with E-state index >= 15 is 0 Å². The summed E-state index contributed by atoms with van der Waals surface area (Å²) in [6, 6.07) is 33.8. The Morgan fingerprint density at radius 3 is 2.29 bits per heavy atom. The Morgan fingerprint density at radius 2 is 1.43 bits per heavy atom. The third-order valence-corrected chi connectivity index (χ3v) is 12.2. The molecule has 170 valence electrons. The summed E-state index contributed by atoms with van der Waals surface area (Å²) in [6.45, 7) is 0. The van der Waals surface area contributed by atoms with Gasteiger partial charge in [-0.25, -0.2) is 0 Å². The number of fused-ring (bicyclic) bond motifs is 4. The maximum absolute atomic E-state index is 3.88. The molecule has 2 aliphatic carbocycles. The molecule has 0 fully saturated rings. The smallest absolute Gasteiger partial charge is 1.00 e. The SMILES string of the molecule is Brc1cccc2c1C(c1ccccc1)[C]([Zr+2][C]1=Cc3c4cccc3C1c1cccc(c1)S4)=C2.[F-].[F-]. The minimum atomic E-state index is -1.03. The van der Waals surface area contributed by atoms with Gasteiger partial charge in [-0.15, -0.1) is 0 Å². The van der Waals surface area contributed by atoms with Gasteiger partial charge < -0.3 is 9.41 Å². The van der Waals surface area contributed by atoms with Crippen molar-refractivity contribution in [3.05, 3.63) is 135 Å². The summed E-state index contributed by atoms with van der Waals surface area (Å²) in [5.74, 6) is 0.774. The Morgan fingerprint density at radius 1 is 0.686 bits per heavy atom. The van der Waals surface area contributed by atoms with Gasteiger partial charge in [0.25, 0.3) is 0 Å². The van der Waals surface area contributed by atoms with Crippen molar-refractivity contribution < 1.29 is 32.6 Å². The Hall–Kier alpha value is -2.07. The molecule has 2 unspecified atom stereocenters. The van der Waals surface area contributed by atoms with E-state index in [0.717, 1.165) is 0 Å². The zero-order chi connectivity index (χ0) is 21.9. The number of rotatable bonds is 3. The molecule has 1 aliphatic heterocycles. The van der Waals surface area contributed by atoms with Gasteiger partial charge in [0.1, 0.15) is 0 Å². The molecule has 0 nitrogen and oxygen atoms in total. The molecule has 4 aromatic rings. The van der Waals surface area contributed by atoms with Gasteiger partial charge in [0, 0.05) is 0 Å². The summed E-state index contributed by atoms with van der Waals surface area (Å²) < 4.78 is 4.56. The second-order valence-corrected chi connectivity index (χ2v) is 14.2. The predicted molar refractivity (Wildman–Crippen MR) is 137 cm³/mol. The van der Waals surface area contributed by atoms with Gasteiger partial charge >= 0.3 is 220 Å². The van der Waals surface area contributed by atoms with Gasteiger partial charge in [-0.2, -0.15) is 0 Å². The van der Waals surface area contributed by atoms with E-state index in [1.807, 2.05) is 11.8 Å². The van der Waals surface area contributed by atoms with E-state index in [9.17, 15) is 0 Å². The Balaban J connectivity index is 0.00000127. The summed E-state index contributed by atoms with van der Waals surface area (Å²) in [5.41, 5.74) is 8.64. The van der Waals surface area contributed by atoms with Crippen molar-refractivity contribution in [2.45, 2.75) is 21.6 Å². The minimum absolute atomic E-state index is 0. The maximum atomic E-state index is 3.88. The van der Waals surface area contributed by atoms with Crippen molar-refractivity contribution in [3.8, 4) is 0 Å². The number of halogens is 3. The molecular weight excluding hydrogens is 602 g/mol. The molecule has 35 heavy (non-hydrogen) atoms. The zero-order valence-corrected chi connectivity index (χ0v) is 23.4. The number of benzene rings is 4. The van der Waals surface area contributed by atoms with Crippen LogP contribution in [0.5, 0.6) is 0 Å². The predicted octanol–water partition coefficient (Wildman–Crippen LogP) is 2.68. The number of allylic oxidation sites excluding steroid dienone is 2. The second-order valence-electron chi connectivity index (χ2n) is 8.78. The van der Waals surface area contributed by atoms with Crippen LogP contribution in [0.25, 0.3) is 12.2 Å². The van der Waals surface area contributed by atoms with Crippen LogP contribution in [-0.4, -0.2) is 0 Å². The average Bonchev–Trinajstić information content (AvgIpc) is 3.40. The number of hydrogen-bond donors (Lipinski definition) is 0. The molecule has 4 aromatic carbocycles. The normalized spacial score (nSPS) is 18.1. The van der Waals surface area contributed by atoms with E-state index in [1.54, 1.807) is 6.56 Å². The molecule has 0 saturated heterocycles. The third-order valence-electron chi connectivity index (χ3n) is 6.86. The first-order chi connectivity index (χ1) is 16.3. The van der Waals surface area contributed by atoms with Crippen molar-refractivity contribution in [2.24, 2.45) is 0 Å². The van der Waals surface area contributed by atoms with E-state index in [4.69, 9.17) is 0 Å². The van der Waals surface area contributed by atoms with Gasteiger partial charge in [0.2, 0.25) is 0 Å². The first kappa shape index (κ1) is 24.6. The van der Waals surface area contributed by atoms with Gasteiger partial charge in [0.05, 0.1) is 0 Å². The van der Waals surface area contributed by atoms with Crippen LogP contribution in [0.4, 0.5) is 0 Å².